The highest BCUT2D eigenvalue weighted by Crippen LogP contribution is 2.35. The van der Waals surface area contributed by atoms with Gasteiger partial charge in [0.25, 0.3) is 10.1 Å². The summed E-state index contributed by atoms with van der Waals surface area (Å²) in [7, 11) is -1.40. The van der Waals surface area contributed by atoms with E-state index < -0.39 is 10.1 Å². The number of aromatic nitrogens is 2. The Morgan fingerprint density at radius 1 is 1.04 bits per heavy atom. The second-order valence-corrected chi connectivity index (χ2v) is 6.21. The zero-order valence-electron chi connectivity index (χ0n) is 12.4. The van der Waals surface area contributed by atoms with Crippen molar-refractivity contribution in [3.8, 4) is 22.8 Å². The SMILES string of the molecule is COc1ccc(S(=O)(=O)O)c(-c2n[nH]c3ccc(OC)cc23)c1. The number of fused-ring (bicyclic) bond motifs is 1. The van der Waals surface area contributed by atoms with Crippen LogP contribution in [0, 0.1) is 0 Å². The van der Waals surface area contributed by atoms with Crippen LogP contribution in [0.5, 0.6) is 11.5 Å². The van der Waals surface area contributed by atoms with Gasteiger partial charge >= 0.3 is 0 Å². The Morgan fingerprint density at radius 2 is 1.70 bits per heavy atom. The predicted octanol–water partition coefficient (Wildman–Crippen LogP) is 2.49. The molecule has 1 heterocycles. The van der Waals surface area contributed by atoms with Crippen LogP contribution in [-0.2, 0) is 10.1 Å². The lowest BCUT2D eigenvalue weighted by Gasteiger charge is -2.08. The lowest BCUT2D eigenvalue weighted by molar-refractivity contribution is 0.414. The molecule has 1 aromatic heterocycles. The molecule has 3 aromatic rings. The van der Waals surface area contributed by atoms with E-state index in [1.165, 1.54) is 32.4 Å². The van der Waals surface area contributed by atoms with Gasteiger partial charge in [0.05, 0.1) is 19.7 Å². The summed E-state index contributed by atoms with van der Waals surface area (Å²) < 4.78 is 43.1. The van der Waals surface area contributed by atoms with Gasteiger partial charge in [-0.15, -0.1) is 0 Å². The fourth-order valence-corrected chi connectivity index (χ4v) is 3.04. The summed E-state index contributed by atoms with van der Waals surface area (Å²) in [6.07, 6.45) is 0. The topological polar surface area (TPSA) is 102 Å². The molecule has 0 bridgehead atoms. The number of hydrogen-bond acceptors (Lipinski definition) is 5. The van der Waals surface area contributed by atoms with E-state index in [-0.39, 0.29) is 10.5 Å². The van der Waals surface area contributed by atoms with Crippen LogP contribution >= 0.6 is 0 Å². The van der Waals surface area contributed by atoms with Gasteiger partial charge in [-0.3, -0.25) is 9.65 Å². The van der Waals surface area contributed by atoms with Gasteiger partial charge in [-0.25, -0.2) is 0 Å². The van der Waals surface area contributed by atoms with Crippen molar-refractivity contribution in [3.63, 3.8) is 0 Å². The Bertz CT molecular complexity index is 979. The van der Waals surface area contributed by atoms with Gasteiger partial charge in [-0.05, 0) is 36.4 Å². The van der Waals surface area contributed by atoms with Gasteiger partial charge in [0.1, 0.15) is 22.1 Å². The van der Waals surface area contributed by atoms with Crippen LogP contribution in [0.15, 0.2) is 41.3 Å². The second kappa shape index (κ2) is 5.56. The fourth-order valence-electron chi connectivity index (χ4n) is 2.37. The number of rotatable bonds is 4. The van der Waals surface area contributed by atoms with Crippen LogP contribution in [-0.4, -0.2) is 37.4 Å². The van der Waals surface area contributed by atoms with Crippen molar-refractivity contribution in [3.05, 3.63) is 36.4 Å². The highest BCUT2D eigenvalue weighted by Gasteiger charge is 2.21. The molecule has 7 nitrogen and oxygen atoms in total. The molecule has 0 aliphatic heterocycles. The van der Waals surface area contributed by atoms with Crippen LogP contribution in [0.2, 0.25) is 0 Å². The average Bonchev–Trinajstić information content (AvgIpc) is 2.96. The minimum atomic E-state index is -4.41. The molecular weight excluding hydrogens is 320 g/mol. The first-order chi connectivity index (χ1) is 10.9. The normalized spacial score (nSPS) is 11.6. The number of benzene rings is 2. The summed E-state index contributed by atoms with van der Waals surface area (Å²) in [5.41, 5.74) is 1.33. The lowest BCUT2D eigenvalue weighted by Crippen LogP contribution is -2.01. The first-order valence-corrected chi connectivity index (χ1v) is 8.06. The largest absolute Gasteiger partial charge is 0.497 e. The van der Waals surface area contributed by atoms with E-state index >= 15 is 0 Å². The quantitative estimate of drug-likeness (QED) is 0.711. The van der Waals surface area contributed by atoms with E-state index in [4.69, 9.17) is 9.47 Å². The number of nitrogens with one attached hydrogen (secondary N) is 1. The Morgan fingerprint density at radius 3 is 2.35 bits per heavy atom. The summed E-state index contributed by atoms with van der Waals surface area (Å²) in [5.74, 6) is 1.06. The molecule has 0 atom stereocenters. The van der Waals surface area contributed by atoms with Gasteiger partial charge < -0.3 is 9.47 Å². The Hall–Kier alpha value is -2.58. The van der Waals surface area contributed by atoms with E-state index in [9.17, 15) is 13.0 Å². The van der Waals surface area contributed by atoms with E-state index in [0.29, 0.717) is 28.1 Å². The van der Waals surface area contributed by atoms with Crippen LogP contribution in [0.4, 0.5) is 0 Å². The Balaban J connectivity index is 2.33. The second-order valence-electron chi connectivity index (χ2n) is 4.82. The number of methoxy groups -OCH3 is 2. The van der Waals surface area contributed by atoms with Crippen LogP contribution in [0.25, 0.3) is 22.2 Å². The van der Waals surface area contributed by atoms with Gasteiger partial charge in [0.2, 0.25) is 0 Å². The summed E-state index contributed by atoms with van der Waals surface area (Å²) in [4.78, 5) is -0.241. The molecule has 0 unspecified atom stereocenters. The van der Waals surface area contributed by atoms with E-state index in [2.05, 4.69) is 10.2 Å². The molecule has 3 rings (SSSR count). The molecule has 0 radical (unpaired) electrons. The Labute approximate surface area is 132 Å². The zero-order chi connectivity index (χ0) is 16.6. The molecule has 2 N–H and O–H groups in total. The number of nitrogens with zero attached hydrogens (tertiary/aromatic N) is 1. The van der Waals surface area contributed by atoms with Crippen molar-refractivity contribution in [1.82, 2.24) is 10.2 Å². The molecule has 8 heteroatoms. The van der Waals surface area contributed by atoms with Gasteiger partial charge in [-0.2, -0.15) is 13.5 Å². The van der Waals surface area contributed by atoms with Crippen molar-refractivity contribution in [1.29, 1.82) is 0 Å². The molecule has 0 fully saturated rings. The summed E-state index contributed by atoms with van der Waals surface area (Å²) >= 11 is 0. The van der Waals surface area contributed by atoms with Gasteiger partial charge in [-0.1, -0.05) is 0 Å². The Kier molecular flexibility index (Phi) is 3.70. The maximum Gasteiger partial charge on any atom is 0.295 e. The smallest absolute Gasteiger partial charge is 0.295 e. The monoisotopic (exact) mass is 334 g/mol. The third-order valence-electron chi connectivity index (χ3n) is 3.49. The average molecular weight is 334 g/mol. The van der Waals surface area contributed by atoms with Crippen LogP contribution in [0.3, 0.4) is 0 Å². The molecule has 0 amide bonds. The van der Waals surface area contributed by atoms with Crippen molar-refractivity contribution in [2.45, 2.75) is 4.90 Å². The highest BCUT2D eigenvalue weighted by molar-refractivity contribution is 7.86. The fraction of sp³-hybridized carbons (Fsp3) is 0.133. The molecule has 2 aromatic carbocycles. The third-order valence-corrected chi connectivity index (χ3v) is 4.40. The number of H-pyrrole nitrogens is 1. The van der Waals surface area contributed by atoms with Crippen molar-refractivity contribution in [2.75, 3.05) is 14.2 Å². The van der Waals surface area contributed by atoms with E-state index in [1.54, 1.807) is 18.2 Å². The van der Waals surface area contributed by atoms with Gasteiger partial charge in [0, 0.05) is 10.9 Å². The van der Waals surface area contributed by atoms with Crippen molar-refractivity contribution in [2.24, 2.45) is 0 Å². The van der Waals surface area contributed by atoms with Crippen LogP contribution in [0.1, 0.15) is 0 Å². The van der Waals surface area contributed by atoms with E-state index in [1.807, 2.05) is 0 Å². The van der Waals surface area contributed by atoms with E-state index in [0.717, 1.165) is 0 Å². The molecule has 120 valence electrons. The maximum absolute atomic E-state index is 11.7. The van der Waals surface area contributed by atoms with Crippen LogP contribution < -0.4 is 9.47 Å². The number of ether oxygens (including phenoxy) is 2. The molecule has 0 aliphatic carbocycles. The first kappa shape index (κ1) is 15.3. The van der Waals surface area contributed by atoms with Crippen molar-refractivity contribution < 1.29 is 22.4 Å². The first-order valence-electron chi connectivity index (χ1n) is 6.62. The molecule has 0 spiro atoms. The highest BCUT2D eigenvalue weighted by atomic mass is 32.2. The zero-order valence-corrected chi connectivity index (χ0v) is 13.2. The third kappa shape index (κ3) is 2.73. The summed E-state index contributed by atoms with van der Waals surface area (Å²) in [6, 6.07) is 9.53. The molecule has 0 aliphatic rings. The molecule has 0 saturated carbocycles. The number of hydrogen-bond donors (Lipinski definition) is 2. The summed E-state index contributed by atoms with van der Waals surface area (Å²) in [6.45, 7) is 0. The molecule has 23 heavy (non-hydrogen) atoms. The standard InChI is InChI=1S/C15H14N2O5S/c1-21-9-3-5-13-11(7-9)15(17-16-13)12-8-10(22-2)4-6-14(12)23(18,19)20/h3-8H,1-2H3,(H,16,17)(H,18,19,20). The van der Waals surface area contributed by atoms with Gasteiger partial charge in [0.15, 0.2) is 0 Å². The minimum absolute atomic E-state index is 0.241. The minimum Gasteiger partial charge on any atom is -0.497 e. The molecular formula is C15H14N2O5S. The number of aromatic amines is 1. The van der Waals surface area contributed by atoms with Crippen molar-refractivity contribution >= 4 is 21.0 Å². The summed E-state index contributed by atoms with van der Waals surface area (Å²) in [5, 5.41) is 7.68. The lowest BCUT2D eigenvalue weighted by atomic mass is 10.1. The maximum atomic E-state index is 11.7. The molecule has 0 saturated heterocycles. The predicted molar refractivity (Wildman–Crippen MR) is 84.4 cm³/mol.